The first kappa shape index (κ1) is 21.3. The van der Waals surface area contributed by atoms with E-state index in [4.69, 9.17) is 4.74 Å². The van der Waals surface area contributed by atoms with Gasteiger partial charge in [0.25, 0.3) is 5.91 Å². The smallest absolute Gasteiger partial charge is 0.265 e. The molecule has 10 heteroatoms. The van der Waals surface area contributed by atoms with E-state index in [1.165, 1.54) is 21.3 Å². The summed E-state index contributed by atoms with van der Waals surface area (Å²) in [5.74, 6) is -0.526. The van der Waals surface area contributed by atoms with E-state index < -0.39 is 15.8 Å². The minimum atomic E-state index is -3.78. The summed E-state index contributed by atoms with van der Waals surface area (Å²) in [6.45, 7) is 0.702. The highest BCUT2D eigenvalue weighted by molar-refractivity contribution is 7.89. The molecule has 0 saturated carbocycles. The fourth-order valence-corrected chi connectivity index (χ4v) is 5.17. The number of hydrogen-bond donors (Lipinski definition) is 0. The number of amides is 2. The molecule has 0 radical (unpaired) electrons. The Hall–Kier alpha value is -2.98. The summed E-state index contributed by atoms with van der Waals surface area (Å²) in [4.78, 5) is 28.2. The average Bonchev–Trinajstić information content (AvgIpc) is 3.03. The molecule has 164 valence electrons. The highest BCUT2D eigenvalue weighted by Gasteiger charge is 2.31. The first-order chi connectivity index (χ1) is 14.9. The van der Waals surface area contributed by atoms with Crippen LogP contribution in [0.4, 0.5) is 10.1 Å². The molecule has 1 saturated heterocycles. The lowest BCUT2D eigenvalue weighted by Crippen LogP contribution is -2.47. The zero-order valence-corrected chi connectivity index (χ0v) is 17.6. The van der Waals surface area contributed by atoms with Gasteiger partial charge in [0, 0.05) is 26.2 Å². The standard InChI is InChI=1S/C21H22FN3O5S/c22-16-6-8-17(9-7-16)31(28,29)24-11-3-10-23(12-13-24)20(26)14-25-18-4-1-2-5-19(18)30-15-21(25)27/h1-2,4-9H,3,10-15H2. The van der Waals surface area contributed by atoms with Gasteiger partial charge in [-0.15, -0.1) is 0 Å². The number of ether oxygens (including phenoxy) is 1. The first-order valence-corrected chi connectivity index (χ1v) is 11.4. The van der Waals surface area contributed by atoms with E-state index in [0.717, 1.165) is 12.1 Å². The van der Waals surface area contributed by atoms with Crippen LogP contribution in [0, 0.1) is 5.82 Å². The topological polar surface area (TPSA) is 87.2 Å². The number of nitrogens with zero attached hydrogens (tertiary/aromatic N) is 3. The number of hydrogen-bond acceptors (Lipinski definition) is 5. The maximum atomic E-state index is 13.1. The summed E-state index contributed by atoms with van der Waals surface area (Å²) in [5, 5.41) is 0. The summed E-state index contributed by atoms with van der Waals surface area (Å²) in [6.07, 6.45) is 0.458. The zero-order chi connectivity index (χ0) is 22.0. The van der Waals surface area contributed by atoms with E-state index in [2.05, 4.69) is 0 Å². The monoisotopic (exact) mass is 447 g/mol. The predicted octanol–water partition coefficient (Wildman–Crippen LogP) is 1.47. The van der Waals surface area contributed by atoms with Gasteiger partial charge in [0.15, 0.2) is 6.61 Å². The molecule has 0 spiro atoms. The molecule has 1 fully saturated rings. The van der Waals surface area contributed by atoms with Gasteiger partial charge < -0.3 is 9.64 Å². The van der Waals surface area contributed by atoms with Crippen molar-refractivity contribution < 1.29 is 27.1 Å². The molecule has 2 heterocycles. The molecule has 2 aliphatic rings. The van der Waals surface area contributed by atoms with Crippen LogP contribution in [0.25, 0.3) is 0 Å². The van der Waals surface area contributed by atoms with Gasteiger partial charge in [-0.1, -0.05) is 12.1 Å². The lowest BCUT2D eigenvalue weighted by molar-refractivity contribution is -0.131. The second-order valence-electron chi connectivity index (χ2n) is 7.33. The summed E-state index contributed by atoms with van der Waals surface area (Å²) < 4.78 is 45.6. The summed E-state index contributed by atoms with van der Waals surface area (Å²) in [5.41, 5.74) is 0.544. The number of rotatable bonds is 4. The molecule has 2 aromatic carbocycles. The molecule has 2 aromatic rings. The van der Waals surface area contributed by atoms with Crippen LogP contribution >= 0.6 is 0 Å². The molecule has 31 heavy (non-hydrogen) atoms. The number of anilines is 1. The van der Waals surface area contributed by atoms with Crippen molar-refractivity contribution in [2.75, 3.05) is 44.2 Å². The molecular weight excluding hydrogens is 425 g/mol. The van der Waals surface area contributed by atoms with Crippen molar-refractivity contribution in [3.63, 3.8) is 0 Å². The fourth-order valence-electron chi connectivity index (χ4n) is 3.70. The quantitative estimate of drug-likeness (QED) is 0.709. The predicted molar refractivity (Wildman–Crippen MR) is 111 cm³/mol. The van der Waals surface area contributed by atoms with Crippen LogP contribution in [0.2, 0.25) is 0 Å². The van der Waals surface area contributed by atoms with E-state index in [0.29, 0.717) is 24.4 Å². The second-order valence-corrected chi connectivity index (χ2v) is 9.27. The van der Waals surface area contributed by atoms with Crippen LogP contribution in [0.5, 0.6) is 5.75 Å². The Morgan fingerprint density at radius 3 is 2.52 bits per heavy atom. The van der Waals surface area contributed by atoms with Gasteiger partial charge in [-0.05, 0) is 42.8 Å². The molecule has 0 aliphatic carbocycles. The Labute approximate surface area is 179 Å². The number of carbonyl (C=O) groups excluding carboxylic acids is 2. The van der Waals surface area contributed by atoms with Crippen LogP contribution in [0.15, 0.2) is 53.4 Å². The van der Waals surface area contributed by atoms with Gasteiger partial charge in [0.05, 0.1) is 10.6 Å². The third-order valence-electron chi connectivity index (χ3n) is 5.36. The van der Waals surface area contributed by atoms with Crippen molar-refractivity contribution in [2.45, 2.75) is 11.3 Å². The number of carbonyl (C=O) groups is 2. The molecule has 0 bridgehead atoms. The van der Waals surface area contributed by atoms with E-state index in [9.17, 15) is 22.4 Å². The fraction of sp³-hybridized carbons (Fsp3) is 0.333. The van der Waals surface area contributed by atoms with Crippen molar-refractivity contribution in [1.82, 2.24) is 9.21 Å². The molecule has 8 nitrogen and oxygen atoms in total. The Bertz CT molecular complexity index is 1090. The molecule has 2 aliphatic heterocycles. The SMILES string of the molecule is O=C(CN1C(=O)COc2ccccc21)N1CCCN(S(=O)(=O)c2ccc(F)cc2)CC1. The largest absolute Gasteiger partial charge is 0.482 e. The van der Waals surface area contributed by atoms with Crippen molar-refractivity contribution in [1.29, 1.82) is 0 Å². The lowest BCUT2D eigenvalue weighted by Gasteiger charge is -2.31. The van der Waals surface area contributed by atoms with Gasteiger partial charge in [0.2, 0.25) is 15.9 Å². The second kappa shape index (κ2) is 8.64. The van der Waals surface area contributed by atoms with E-state index in [-0.39, 0.29) is 49.5 Å². The molecule has 0 N–H and O–H groups in total. The Balaban J connectivity index is 1.44. The summed E-state index contributed by atoms with van der Waals surface area (Å²) >= 11 is 0. The Morgan fingerprint density at radius 2 is 1.74 bits per heavy atom. The van der Waals surface area contributed by atoms with Gasteiger partial charge in [0.1, 0.15) is 18.1 Å². The minimum absolute atomic E-state index is 0.0178. The van der Waals surface area contributed by atoms with Crippen LogP contribution < -0.4 is 9.64 Å². The Kier molecular flexibility index (Phi) is 5.92. The zero-order valence-electron chi connectivity index (χ0n) is 16.7. The number of halogens is 1. The van der Waals surface area contributed by atoms with Gasteiger partial charge in [-0.25, -0.2) is 12.8 Å². The number of fused-ring (bicyclic) bond motifs is 1. The average molecular weight is 447 g/mol. The van der Waals surface area contributed by atoms with Gasteiger partial charge in [-0.2, -0.15) is 4.31 Å². The summed E-state index contributed by atoms with van der Waals surface area (Å²) in [7, 11) is -3.78. The summed E-state index contributed by atoms with van der Waals surface area (Å²) in [6, 6.07) is 11.7. The first-order valence-electron chi connectivity index (χ1n) is 9.92. The maximum absolute atomic E-state index is 13.1. The van der Waals surface area contributed by atoms with Crippen molar-refractivity contribution in [2.24, 2.45) is 0 Å². The van der Waals surface area contributed by atoms with Crippen LogP contribution in [0.3, 0.4) is 0 Å². The number of para-hydroxylation sites is 2. The van der Waals surface area contributed by atoms with Crippen LogP contribution in [-0.2, 0) is 19.6 Å². The highest BCUT2D eigenvalue weighted by Crippen LogP contribution is 2.31. The molecule has 0 unspecified atom stereocenters. The number of benzene rings is 2. The normalized spacial score (nSPS) is 17.6. The van der Waals surface area contributed by atoms with Crippen LogP contribution in [0.1, 0.15) is 6.42 Å². The minimum Gasteiger partial charge on any atom is -0.482 e. The molecule has 4 rings (SSSR count). The highest BCUT2D eigenvalue weighted by atomic mass is 32.2. The number of sulfonamides is 1. The van der Waals surface area contributed by atoms with E-state index in [1.807, 2.05) is 0 Å². The molecule has 2 amide bonds. The molecule has 0 aromatic heterocycles. The van der Waals surface area contributed by atoms with Crippen molar-refractivity contribution in [3.05, 3.63) is 54.3 Å². The Morgan fingerprint density at radius 1 is 1.00 bits per heavy atom. The van der Waals surface area contributed by atoms with E-state index in [1.54, 1.807) is 29.2 Å². The lowest BCUT2D eigenvalue weighted by atomic mass is 10.2. The van der Waals surface area contributed by atoms with E-state index >= 15 is 0 Å². The maximum Gasteiger partial charge on any atom is 0.265 e. The molecule has 0 atom stereocenters. The van der Waals surface area contributed by atoms with Gasteiger partial charge >= 0.3 is 0 Å². The van der Waals surface area contributed by atoms with Crippen molar-refractivity contribution in [3.8, 4) is 5.75 Å². The third kappa shape index (κ3) is 4.40. The van der Waals surface area contributed by atoms with Gasteiger partial charge in [-0.3, -0.25) is 14.5 Å². The van der Waals surface area contributed by atoms with Crippen molar-refractivity contribution >= 4 is 27.5 Å². The third-order valence-corrected chi connectivity index (χ3v) is 7.27. The van der Waals surface area contributed by atoms with Crippen LogP contribution in [-0.4, -0.2) is 68.8 Å². The molecular formula is C21H22FN3O5S.